The monoisotopic (exact) mass is 202 g/mol. The maximum absolute atomic E-state index is 5.20. The Labute approximate surface area is 86.6 Å². The van der Waals surface area contributed by atoms with Gasteiger partial charge in [-0.3, -0.25) is 4.90 Å². The van der Waals surface area contributed by atoms with Crippen molar-refractivity contribution in [2.45, 2.75) is 32.2 Å². The minimum atomic E-state index is -0.109. The van der Waals surface area contributed by atoms with Crippen molar-refractivity contribution in [3.8, 4) is 0 Å². The molecule has 1 aliphatic heterocycles. The van der Waals surface area contributed by atoms with Crippen LogP contribution in [0.3, 0.4) is 0 Å². The second-order valence-corrected chi connectivity index (χ2v) is 4.01. The molecule has 1 N–H and O–H groups in total. The predicted octanol–water partition coefficient (Wildman–Crippen LogP) is 0.288. The lowest BCUT2D eigenvalue weighted by atomic mass is 10.1. The Bertz CT molecular complexity index is 162. The van der Waals surface area contributed by atoms with Crippen molar-refractivity contribution in [1.29, 1.82) is 0 Å². The van der Waals surface area contributed by atoms with Gasteiger partial charge in [-0.05, 0) is 13.8 Å². The van der Waals surface area contributed by atoms with E-state index in [0.717, 1.165) is 19.6 Å². The van der Waals surface area contributed by atoms with E-state index in [9.17, 15) is 0 Å². The summed E-state index contributed by atoms with van der Waals surface area (Å²) in [6.45, 7) is 7.38. The fourth-order valence-electron chi connectivity index (χ4n) is 1.79. The van der Waals surface area contributed by atoms with Crippen LogP contribution in [0.2, 0.25) is 0 Å². The van der Waals surface area contributed by atoms with Gasteiger partial charge in [0.25, 0.3) is 0 Å². The van der Waals surface area contributed by atoms with Crippen LogP contribution < -0.4 is 5.32 Å². The number of hydrogen-bond donors (Lipinski definition) is 1. The number of rotatable bonds is 4. The molecule has 1 fully saturated rings. The van der Waals surface area contributed by atoms with Gasteiger partial charge in [0.2, 0.25) is 0 Å². The summed E-state index contributed by atoms with van der Waals surface area (Å²) in [6, 6.07) is 1.11. The minimum absolute atomic E-state index is 0.109. The van der Waals surface area contributed by atoms with E-state index in [2.05, 4.69) is 24.1 Å². The highest BCUT2D eigenvalue weighted by atomic mass is 16.7. The van der Waals surface area contributed by atoms with Gasteiger partial charge in [0, 0.05) is 45.9 Å². The molecule has 0 aliphatic carbocycles. The van der Waals surface area contributed by atoms with E-state index in [1.165, 1.54) is 0 Å². The zero-order valence-corrected chi connectivity index (χ0v) is 9.62. The molecule has 0 spiro atoms. The largest absolute Gasteiger partial charge is 0.355 e. The molecule has 0 saturated carbocycles. The molecule has 0 amide bonds. The number of methoxy groups -OCH3 is 2. The molecule has 14 heavy (non-hydrogen) atoms. The molecule has 2 atom stereocenters. The van der Waals surface area contributed by atoms with Crippen LogP contribution in [0.1, 0.15) is 13.8 Å². The smallest absolute Gasteiger partial charge is 0.169 e. The van der Waals surface area contributed by atoms with E-state index in [1.807, 2.05) is 0 Å². The van der Waals surface area contributed by atoms with Gasteiger partial charge >= 0.3 is 0 Å². The summed E-state index contributed by atoms with van der Waals surface area (Å²) in [5, 5.41) is 3.45. The van der Waals surface area contributed by atoms with Crippen molar-refractivity contribution in [1.82, 2.24) is 10.2 Å². The van der Waals surface area contributed by atoms with Crippen molar-refractivity contribution in [3.63, 3.8) is 0 Å². The zero-order chi connectivity index (χ0) is 10.6. The molecule has 1 aliphatic rings. The normalized spacial score (nSPS) is 29.8. The van der Waals surface area contributed by atoms with Gasteiger partial charge in [0.1, 0.15) is 0 Å². The molecule has 0 aromatic carbocycles. The molecule has 0 aromatic rings. The highest BCUT2D eigenvalue weighted by Gasteiger charge is 2.24. The molecule has 0 aromatic heterocycles. The van der Waals surface area contributed by atoms with Crippen LogP contribution in [0.25, 0.3) is 0 Å². The van der Waals surface area contributed by atoms with Gasteiger partial charge in [0.15, 0.2) is 6.29 Å². The first kappa shape index (κ1) is 11.9. The molecule has 1 heterocycles. The lowest BCUT2D eigenvalue weighted by Crippen LogP contribution is -2.56. The Kier molecular flexibility index (Phi) is 4.81. The maximum atomic E-state index is 5.20. The Hall–Kier alpha value is -0.160. The summed E-state index contributed by atoms with van der Waals surface area (Å²) in [6.07, 6.45) is -0.109. The summed E-state index contributed by atoms with van der Waals surface area (Å²) >= 11 is 0. The first-order valence-electron chi connectivity index (χ1n) is 5.20. The van der Waals surface area contributed by atoms with E-state index in [0.29, 0.717) is 12.1 Å². The Balaban J connectivity index is 2.40. The molecular weight excluding hydrogens is 180 g/mol. The van der Waals surface area contributed by atoms with Crippen LogP contribution in [-0.2, 0) is 9.47 Å². The number of hydrogen-bond acceptors (Lipinski definition) is 4. The highest BCUT2D eigenvalue weighted by Crippen LogP contribution is 2.08. The highest BCUT2D eigenvalue weighted by molar-refractivity contribution is 4.81. The van der Waals surface area contributed by atoms with Crippen LogP contribution >= 0.6 is 0 Å². The predicted molar refractivity (Wildman–Crippen MR) is 56.3 cm³/mol. The third-order valence-electron chi connectivity index (χ3n) is 2.80. The molecule has 1 saturated heterocycles. The number of nitrogens with zero attached hydrogens (tertiary/aromatic N) is 1. The van der Waals surface area contributed by atoms with Gasteiger partial charge in [-0.2, -0.15) is 0 Å². The summed E-state index contributed by atoms with van der Waals surface area (Å²) in [4.78, 5) is 2.40. The van der Waals surface area contributed by atoms with Crippen LogP contribution in [0.15, 0.2) is 0 Å². The summed E-state index contributed by atoms with van der Waals surface area (Å²) < 4.78 is 10.4. The zero-order valence-electron chi connectivity index (χ0n) is 9.62. The third-order valence-corrected chi connectivity index (χ3v) is 2.80. The van der Waals surface area contributed by atoms with Crippen LogP contribution in [-0.4, -0.2) is 57.1 Å². The lowest BCUT2D eigenvalue weighted by molar-refractivity contribution is -0.122. The summed E-state index contributed by atoms with van der Waals surface area (Å²) in [7, 11) is 3.37. The second kappa shape index (κ2) is 5.66. The van der Waals surface area contributed by atoms with Gasteiger partial charge < -0.3 is 14.8 Å². The standard InChI is InChI=1S/C10H22N2O2/c1-8-6-12(9(2)5-11-8)7-10(13-3)14-4/h8-11H,5-7H2,1-4H3. The maximum Gasteiger partial charge on any atom is 0.169 e. The first-order valence-corrected chi connectivity index (χ1v) is 5.20. The van der Waals surface area contributed by atoms with E-state index < -0.39 is 0 Å². The van der Waals surface area contributed by atoms with Crippen LogP contribution in [0.5, 0.6) is 0 Å². The molecule has 1 rings (SSSR count). The Morgan fingerprint density at radius 2 is 2.00 bits per heavy atom. The SMILES string of the molecule is COC(CN1CC(C)NCC1C)OC. The molecule has 4 nitrogen and oxygen atoms in total. The van der Waals surface area contributed by atoms with Crippen molar-refractivity contribution < 1.29 is 9.47 Å². The molecule has 84 valence electrons. The fourth-order valence-corrected chi connectivity index (χ4v) is 1.79. The fraction of sp³-hybridized carbons (Fsp3) is 1.00. The molecular formula is C10H22N2O2. The molecule has 0 radical (unpaired) electrons. The van der Waals surface area contributed by atoms with E-state index in [-0.39, 0.29) is 6.29 Å². The van der Waals surface area contributed by atoms with Crippen LogP contribution in [0, 0.1) is 0 Å². The van der Waals surface area contributed by atoms with Gasteiger partial charge in [0.05, 0.1) is 0 Å². The van der Waals surface area contributed by atoms with Gasteiger partial charge in [-0.25, -0.2) is 0 Å². The number of nitrogens with one attached hydrogen (secondary N) is 1. The first-order chi connectivity index (χ1) is 6.67. The van der Waals surface area contributed by atoms with E-state index >= 15 is 0 Å². The van der Waals surface area contributed by atoms with Crippen molar-refractivity contribution in [2.24, 2.45) is 0 Å². The van der Waals surface area contributed by atoms with Crippen molar-refractivity contribution in [2.75, 3.05) is 33.9 Å². The molecule has 0 bridgehead atoms. The summed E-state index contributed by atoms with van der Waals surface area (Å²) in [5.41, 5.74) is 0. The second-order valence-electron chi connectivity index (χ2n) is 4.01. The average molecular weight is 202 g/mol. The molecule has 4 heteroatoms. The quantitative estimate of drug-likeness (QED) is 0.664. The van der Waals surface area contributed by atoms with Gasteiger partial charge in [-0.1, -0.05) is 0 Å². The Morgan fingerprint density at radius 3 is 2.57 bits per heavy atom. The van der Waals surface area contributed by atoms with Gasteiger partial charge in [-0.15, -0.1) is 0 Å². The molecule has 2 unspecified atom stereocenters. The van der Waals surface area contributed by atoms with E-state index in [4.69, 9.17) is 9.47 Å². The number of piperazine rings is 1. The summed E-state index contributed by atoms with van der Waals surface area (Å²) in [5.74, 6) is 0. The topological polar surface area (TPSA) is 33.7 Å². The lowest BCUT2D eigenvalue weighted by Gasteiger charge is -2.38. The minimum Gasteiger partial charge on any atom is -0.355 e. The van der Waals surface area contributed by atoms with Crippen molar-refractivity contribution >= 4 is 0 Å². The average Bonchev–Trinajstić information content (AvgIpc) is 2.19. The Morgan fingerprint density at radius 1 is 1.36 bits per heavy atom. The van der Waals surface area contributed by atoms with E-state index in [1.54, 1.807) is 14.2 Å². The number of ether oxygens (including phenoxy) is 2. The van der Waals surface area contributed by atoms with Crippen molar-refractivity contribution in [3.05, 3.63) is 0 Å². The third kappa shape index (κ3) is 3.20. The van der Waals surface area contributed by atoms with Crippen LogP contribution in [0.4, 0.5) is 0 Å².